The molecule has 1 aromatic rings. The second kappa shape index (κ2) is 8.43. The zero-order chi connectivity index (χ0) is 18.5. The Labute approximate surface area is 155 Å². The van der Waals surface area contributed by atoms with Gasteiger partial charge < -0.3 is 19.3 Å². The summed E-state index contributed by atoms with van der Waals surface area (Å²) in [6.07, 6.45) is 4.07. The van der Waals surface area contributed by atoms with Crippen molar-refractivity contribution in [2.75, 3.05) is 40.4 Å². The summed E-state index contributed by atoms with van der Waals surface area (Å²) < 4.78 is 10.6. The third-order valence-electron chi connectivity index (χ3n) is 5.45. The molecule has 3 rings (SSSR count). The zero-order valence-corrected chi connectivity index (χ0v) is 15.7. The minimum absolute atomic E-state index is 0.0765. The number of methoxy groups -OCH3 is 2. The van der Waals surface area contributed by atoms with Gasteiger partial charge in [-0.2, -0.15) is 0 Å². The van der Waals surface area contributed by atoms with E-state index in [1.54, 1.807) is 20.3 Å². The average Bonchev–Trinajstić information content (AvgIpc) is 3.22. The van der Waals surface area contributed by atoms with Gasteiger partial charge >= 0.3 is 0 Å². The fraction of sp³-hybridized carbons (Fsp3) is 0.600. The number of carbonyl (C=O) groups is 2. The number of likely N-dealkylation sites (tertiary alicyclic amines) is 2. The Bertz CT molecular complexity index is 647. The van der Waals surface area contributed by atoms with Crippen molar-refractivity contribution in [1.82, 2.24) is 9.80 Å². The molecule has 0 spiro atoms. The molecule has 0 aliphatic carbocycles. The topological polar surface area (TPSA) is 59.1 Å². The van der Waals surface area contributed by atoms with E-state index in [-0.39, 0.29) is 17.7 Å². The first-order valence-corrected chi connectivity index (χ1v) is 9.40. The Kier molecular flexibility index (Phi) is 6.01. The van der Waals surface area contributed by atoms with Gasteiger partial charge in [0.2, 0.25) is 11.8 Å². The van der Waals surface area contributed by atoms with Crippen molar-refractivity contribution in [2.45, 2.75) is 32.1 Å². The SMILES string of the molecule is COc1ccc(CC(=O)N2CCC(C(=O)N3CCCC3)CC2)c(OC)c1. The number of amides is 2. The van der Waals surface area contributed by atoms with E-state index in [1.807, 2.05) is 21.9 Å². The van der Waals surface area contributed by atoms with Gasteiger partial charge in [-0.25, -0.2) is 0 Å². The van der Waals surface area contributed by atoms with Gasteiger partial charge in [0.1, 0.15) is 11.5 Å². The van der Waals surface area contributed by atoms with E-state index in [4.69, 9.17) is 9.47 Å². The Morgan fingerprint density at radius 1 is 1.00 bits per heavy atom. The molecule has 1 aromatic carbocycles. The molecule has 142 valence electrons. The Morgan fingerprint density at radius 3 is 2.31 bits per heavy atom. The van der Waals surface area contributed by atoms with Crippen LogP contribution in [0, 0.1) is 5.92 Å². The maximum absolute atomic E-state index is 12.7. The van der Waals surface area contributed by atoms with Crippen LogP contribution in [0.1, 0.15) is 31.2 Å². The van der Waals surface area contributed by atoms with E-state index in [9.17, 15) is 9.59 Å². The highest BCUT2D eigenvalue weighted by Crippen LogP contribution is 2.27. The number of piperidine rings is 1. The number of hydrogen-bond donors (Lipinski definition) is 0. The highest BCUT2D eigenvalue weighted by atomic mass is 16.5. The van der Waals surface area contributed by atoms with Crippen molar-refractivity contribution in [2.24, 2.45) is 5.92 Å². The first kappa shape index (κ1) is 18.5. The van der Waals surface area contributed by atoms with Crippen LogP contribution in [0.15, 0.2) is 18.2 Å². The van der Waals surface area contributed by atoms with Crippen molar-refractivity contribution in [3.8, 4) is 11.5 Å². The molecule has 2 aliphatic rings. The molecular formula is C20H28N2O4. The predicted octanol–water partition coefficient (Wildman–Crippen LogP) is 2.11. The third kappa shape index (κ3) is 4.11. The van der Waals surface area contributed by atoms with Gasteiger partial charge in [-0.15, -0.1) is 0 Å². The first-order valence-electron chi connectivity index (χ1n) is 9.40. The van der Waals surface area contributed by atoms with Crippen molar-refractivity contribution < 1.29 is 19.1 Å². The van der Waals surface area contributed by atoms with Crippen LogP contribution in [0.2, 0.25) is 0 Å². The van der Waals surface area contributed by atoms with E-state index in [2.05, 4.69) is 0 Å². The van der Waals surface area contributed by atoms with E-state index in [1.165, 1.54) is 0 Å². The Morgan fingerprint density at radius 2 is 1.69 bits per heavy atom. The molecular weight excluding hydrogens is 332 g/mol. The minimum atomic E-state index is 0.0765. The highest BCUT2D eigenvalue weighted by Gasteiger charge is 2.31. The summed E-state index contributed by atoms with van der Waals surface area (Å²) in [6, 6.07) is 5.51. The van der Waals surface area contributed by atoms with Crippen LogP contribution in [0.4, 0.5) is 0 Å². The molecule has 2 aliphatic heterocycles. The normalized spacial score (nSPS) is 18.1. The highest BCUT2D eigenvalue weighted by molar-refractivity contribution is 5.81. The lowest BCUT2D eigenvalue weighted by Gasteiger charge is -2.33. The van der Waals surface area contributed by atoms with Crippen molar-refractivity contribution in [3.05, 3.63) is 23.8 Å². The van der Waals surface area contributed by atoms with Gasteiger partial charge in [0, 0.05) is 43.7 Å². The molecule has 0 saturated carbocycles. The largest absolute Gasteiger partial charge is 0.497 e. The number of nitrogens with zero attached hydrogens (tertiary/aromatic N) is 2. The maximum Gasteiger partial charge on any atom is 0.227 e. The van der Waals surface area contributed by atoms with Crippen molar-refractivity contribution in [3.63, 3.8) is 0 Å². The van der Waals surface area contributed by atoms with Crippen molar-refractivity contribution in [1.29, 1.82) is 0 Å². The molecule has 0 radical (unpaired) electrons. The molecule has 0 unspecified atom stereocenters. The summed E-state index contributed by atoms with van der Waals surface area (Å²) in [5.74, 6) is 1.82. The fourth-order valence-corrected chi connectivity index (χ4v) is 3.84. The quantitative estimate of drug-likeness (QED) is 0.807. The van der Waals surface area contributed by atoms with E-state index >= 15 is 0 Å². The lowest BCUT2D eigenvalue weighted by Crippen LogP contribution is -2.44. The zero-order valence-electron chi connectivity index (χ0n) is 15.7. The number of benzene rings is 1. The Hall–Kier alpha value is -2.24. The second-order valence-corrected chi connectivity index (χ2v) is 7.04. The van der Waals surface area contributed by atoms with Crippen LogP contribution in [0.5, 0.6) is 11.5 Å². The van der Waals surface area contributed by atoms with Crippen LogP contribution in [-0.2, 0) is 16.0 Å². The van der Waals surface area contributed by atoms with Crippen LogP contribution < -0.4 is 9.47 Å². The summed E-state index contributed by atoms with van der Waals surface area (Å²) in [7, 11) is 3.20. The third-order valence-corrected chi connectivity index (χ3v) is 5.45. The monoisotopic (exact) mass is 360 g/mol. The van der Waals surface area contributed by atoms with Crippen molar-refractivity contribution >= 4 is 11.8 Å². The lowest BCUT2D eigenvalue weighted by molar-refractivity contribution is -0.139. The molecule has 0 atom stereocenters. The molecule has 2 amide bonds. The number of hydrogen-bond acceptors (Lipinski definition) is 4. The summed E-state index contributed by atoms with van der Waals surface area (Å²) in [4.78, 5) is 29.0. The standard InChI is InChI=1S/C20H28N2O4/c1-25-17-6-5-16(18(14-17)26-2)13-19(23)21-11-7-15(8-12-21)20(24)22-9-3-4-10-22/h5-6,14-15H,3-4,7-13H2,1-2H3. The summed E-state index contributed by atoms with van der Waals surface area (Å²) in [5, 5.41) is 0. The van der Waals surface area contributed by atoms with Crippen LogP contribution in [0.25, 0.3) is 0 Å². The molecule has 0 aromatic heterocycles. The number of rotatable bonds is 5. The van der Waals surface area contributed by atoms with Gasteiger partial charge in [-0.3, -0.25) is 9.59 Å². The van der Waals surface area contributed by atoms with Crippen LogP contribution in [0.3, 0.4) is 0 Å². The molecule has 2 heterocycles. The summed E-state index contributed by atoms with van der Waals surface area (Å²) in [5.41, 5.74) is 0.855. The van der Waals surface area contributed by atoms with Crippen LogP contribution >= 0.6 is 0 Å². The van der Waals surface area contributed by atoms with E-state index in [0.29, 0.717) is 31.0 Å². The molecule has 0 N–H and O–H groups in total. The minimum Gasteiger partial charge on any atom is -0.497 e. The molecule has 2 saturated heterocycles. The predicted molar refractivity (Wildman–Crippen MR) is 98.4 cm³/mol. The van der Waals surface area contributed by atoms with Gasteiger partial charge in [0.15, 0.2) is 0 Å². The summed E-state index contributed by atoms with van der Waals surface area (Å²) in [6.45, 7) is 3.10. The molecule has 6 nitrogen and oxygen atoms in total. The van der Waals surface area contributed by atoms with Crippen LogP contribution in [-0.4, -0.2) is 62.0 Å². The van der Waals surface area contributed by atoms with Gasteiger partial charge in [-0.05, 0) is 31.7 Å². The first-order chi connectivity index (χ1) is 12.6. The average molecular weight is 360 g/mol. The van der Waals surface area contributed by atoms with Gasteiger partial charge in [-0.1, -0.05) is 6.07 Å². The maximum atomic E-state index is 12.7. The molecule has 0 bridgehead atoms. The Balaban J connectivity index is 1.54. The smallest absolute Gasteiger partial charge is 0.227 e. The molecule has 2 fully saturated rings. The van der Waals surface area contributed by atoms with Gasteiger partial charge in [0.25, 0.3) is 0 Å². The van der Waals surface area contributed by atoms with Gasteiger partial charge in [0.05, 0.1) is 20.6 Å². The van der Waals surface area contributed by atoms with E-state index < -0.39 is 0 Å². The lowest BCUT2D eigenvalue weighted by atomic mass is 9.95. The second-order valence-electron chi connectivity index (χ2n) is 7.04. The molecule has 6 heteroatoms. The van der Waals surface area contributed by atoms with E-state index in [0.717, 1.165) is 44.3 Å². The fourth-order valence-electron chi connectivity index (χ4n) is 3.84. The summed E-state index contributed by atoms with van der Waals surface area (Å²) >= 11 is 0. The number of ether oxygens (including phenoxy) is 2. The number of carbonyl (C=O) groups excluding carboxylic acids is 2. The molecule has 26 heavy (non-hydrogen) atoms.